The Kier molecular flexibility index (Phi) is 7.78. The Hall–Kier alpha value is -1.85. The molecule has 6 heteroatoms. The maximum atomic E-state index is 12.3. The van der Waals surface area contributed by atoms with Crippen molar-refractivity contribution >= 4 is 24.2 Å². The topological polar surface area (TPSA) is 52.7 Å². The van der Waals surface area contributed by atoms with Crippen molar-refractivity contribution in [3.05, 3.63) is 48.6 Å². The van der Waals surface area contributed by atoms with Gasteiger partial charge in [0.15, 0.2) is 0 Å². The number of halogens is 1. The van der Waals surface area contributed by atoms with Gasteiger partial charge in [0.25, 0.3) is 0 Å². The van der Waals surface area contributed by atoms with Gasteiger partial charge in [0.2, 0.25) is 11.8 Å². The smallest absolute Gasteiger partial charge is 0.240 e. The molecule has 0 radical (unpaired) electrons. The van der Waals surface area contributed by atoms with E-state index in [2.05, 4.69) is 11.9 Å². The quantitative estimate of drug-likeness (QED) is 0.799. The fourth-order valence-corrected chi connectivity index (χ4v) is 2.56. The normalized spacial score (nSPS) is 17.3. The van der Waals surface area contributed by atoms with Crippen molar-refractivity contribution < 1.29 is 9.59 Å². The van der Waals surface area contributed by atoms with Gasteiger partial charge in [0.05, 0.1) is 12.5 Å². The van der Waals surface area contributed by atoms with Crippen LogP contribution >= 0.6 is 12.4 Å². The molecule has 1 heterocycles. The van der Waals surface area contributed by atoms with Crippen LogP contribution in [0.2, 0.25) is 0 Å². The first-order valence-electron chi connectivity index (χ1n) is 7.52. The van der Waals surface area contributed by atoms with E-state index in [4.69, 9.17) is 0 Å². The van der Waals surface area contributed by atoms with Gasteiger partial charge in [-0.25, -0.2) is 0 Å². The highest BCUT2D eigenvalue weighted by Gasteiger charge is 2.30. The highest BCUT2D eigenvalue weighted by Crippen LogP contribution is 2.09. The molecule has 1 aliphatic rings. The second-order valence-electron chi connectivity index (χ2n) is 5.52. The van der Waals surface area contributed by atoms with Crippen LogP contribution in [0.1, 0.15) is 12.0 Å². The third kappa shape index (κ3) is 5.37. The minimum Gasteiger partial charge on any atom is -0.341 e. The Morgan fingerprint density at radius 1 is 1.43 bits per heavy atom. The lowest BCUT2D eigenvalue weighted by atomic mass is 10.1. The number of hydrogen-bond donors (Lipinski definition) is 1. The van der Waals surface area contributed by atoms with Crippen molar-refractivity contribution in [2.75, 3.05) is 26.7 Å². The van der Waals surface area contributed by atoms with Crippen LogP contribution in [0, 0.1) is 0 Å². The molecule has 0 aromatic heterocycles. The summed E-state index contributed by atoms with van der Waals surface area (Å²) in [5, 5.41) is 3.13. The maximum Gasteiger partial charge on any atom is 0.240 e. The fourth-order valence-electron chi connectivity index (χ4n) is 2.56. The van der Waals surface area contributed by atoms with Crippen molar-refractivity contribution in [3.63, 3.8) is 0 Å². The van der Waals surface area contributed by atoms with E-state index in [-0.39, 0.29) is 30.6 Å². The predicted octanol–water partition coefficient (Wildman–Crippen LogP) is 1.44. The predicted molar refractivity (Wildman–Crippen MR) is 93.3 cm³/mol. The number of hydrogen-bond acceptors (Lipinski definition) is 3. The van der Waals surface area contributed by atoms with Crippen molar-refractivity contribution in [3.8, 4) is 0 Å². The summed E-state index contributed by atoms with van der Waals surface area (Å²) in [7, 11) is 1.77. The summed E-state index contributed by atoms with van der Waals surface area (Å²) >= 11 is 0. The van der Waals surface area contributed by atoms with Crippen LogP contribution < -0.4 is 5.32 Å². The van der Waals surface area contributed by atoms with Crippen LogP contribution in [0.25, 0.3) is 0 Å². The average Bonchev–Trinajstić information content (AvgIpc) is 2.52. The SMILES string of the molecule is C=CCN1CCNC(CC(=O)N(C)Cc2ccccc2)C1=O.Cl. The molecule has 1 fully saturated rings. The number of rotatable bonds is 6. The molecule has 2 amide bonds. The molecule has 5 nitrogen and oxygen atoms in total. The molecule has 0 saturated carbocycles. The van der Waals surface area contributed by atoms with Crippen LogP contribution in [-0.2, 0) is 16.1 Å². The Balaban J connectivity index is 0.00000264. The molecule has 1 saturated heterocycles. The molecule has 2 rings (SSSR count). The minimum atomic E-state index is -0.431. The number of piperazine rings is 1. The van der Waals surface area contributed by atoms with Gasteiger partial charge in [-0.2, -0.15) is 0 Å². The molecule has 0 aliphatic carbocycles. The number of nitrogens with zero attached hydrogens (tertiary/aromatic N) is 2. The molecule has 1 aliphatic heterocycles. The molecule has 0 bridgehead atoms. The first-order valence-corrected chi connectivity index (χ1v) is 7.52. The van der Waals surface area contributed by atoms with E-state index in [1.54, 1.807) is 22.9 Å². The van der Waals surface area contributed by atoms with E-state index in [1.165, 1.54) is 0 Å². The molecule has 1 atom stereocenters. The third-order valence-electron chi connectivity index (χ3n) is 3.80. The number of carbonyl (C=O) groups excluding carboxylic acids is 2. The summed E-state index contributed by atoms with van der Waals surface area (Å²) in [6.45, 7) is 6.12. The zero-order valence-corrected chi connectivity index (χ0v) is 14.2. The molecule has 1 aromatic rings. The Bertz CT molecular complexity index is 536. The standard InChI is InChI=1S/C17H23N3O2.ClH/c1-3-10-20-11-9-18-15(17(20)22)12-16(21)19(2)13-14-7-5-4-6-8-14;/h3-8,15,18H,1,9-13H2,2H3;1H. The molecule has 1 N–H and O–H groups in total. The Labute approximate surface area is 143 Å². The van der Waals surface area contributed by atoms with Gasteiger partial charge in [0, 0.05) is 33.2 Å². The zero-order chi connectivity index (χ0) is 15.9. The average molecular weight is 338 g/mol. The van der Waals surface area contributed by atoms with Crippen LogP contribution in [0.4, 0.5) is 0 Å². The van der Waals surface area contributed by atoms with Crippen molar-refractivity contribution in [1.82, 2.24) is 15.1 Å². The van der Waals surface area contributed by atoms with Gasteiger partial charge in [-0.3, -0.25) is 9.59 Å². The van der Waals surface area contributed by atoms with Gasteiger partial charge in [-0.15, -0.1) is 19.0 Å². The van der Waals surface area contributed by atoms with Crippen LogP contribution in [0.15, 0.2) is 43.0 Å². The number of benzene rings is 1. The Morgan fingerprint density at radius 2 is 2.13 bits per heavy atom. The van der Waals surface area contributed by atoms with Gasteiger partial charge in [-0.05, 0) is 5.56 Å². The largest absolute Gasteiger partial charge is 0.341 e. The van der Waals surface area contributed by atoms with Crippen LogP contribution in [0.5, 0.6) is 0 Å². The lowest BCUT2D eigenvalue weighted by molar-refractivity contribution is -0.140. The summed E-state index contributed by atoms with van der Waals surface area (Å²) < 4.78 is 0. The molecule has 23 heavy (non-hydrogen) atoms. The van der Waals surface area contributed by atoms with Crippen molar-refractivity contribution in [2.45, 2.75) is 19.0 Å². The monoisotopic (exact) mass is 337 g/mol. The number of amides is 2. The molecule has 126 valence electrons. The number of nitrogens with one attached hydrogen (secondary N) is 1. The molecule has 1 aromatic carbocycles. The molecule has 1 unspecified atom stereocenters. The molecule has 0 spiro atoms. The summed E-state index contributed by atoms with van der Waals surface area (Å²) in [6, 6.07) is 9.39. The Morgan fingerprint density at radius 3 is 2.78 bits per heavy atom. The van der Waals surface area contributed by atoms with Gasteiger partial charge >= 0.3 is 0 Å². The molecular formula is C17H24ClN3O2. The summed E-state index contributed by atoms with van der Waals surface area (Å²) in [4.78, 5) is 28.0. The maximum absolute atomic E-state index is 12.3. The molecular weight excluding hydrogens is 314 g/mol. The van der Waals surface area contributed by atoms with E-state index in [9.17, 15) is 9.59 Å². The zero-order valence-electron chi connectivity index (χ0n) is 13.4. The van der Waals surface area contributed by atoms with E-state index < -0.39 is 6.04 Å². The van der Waals surface area contributed by atoms with Crippen molar-refractivity contribution in [1.29, 1.82) is 0 Å². The summed E-state index contributed by atoms with van der Waals surface area (Å²) in [5.41, 5.74) is 1.08. The lowest BCUT2D eigenvalue weighted by Crippen LogP contribution is -2.56. The fraction of sp³-hybridized carbons (Fsp3) is 0.412. The number of carbonyl (C=O) groups is 2. The summed E-state index contributed by atoms with van der Waals surface area (Å²) in [5.74, 6) is -0.0530. The van der Waals surface area contributed by atoms with Gasteiger partial charge in [-0.1, -0.05) is 36.4 Å². The first kappa shape index (κ1) is 19.2. The van der Waals surface area contributed by atoms with Gasteiger partial charge in [0.1, 0.15) is 0 Å². The highest BCUT2D eigenvalue weighted by molar-refractivity contribution is 5.89. The van der Waals surface area contributed by atoms with Crippen molar-refractivity contribution in [2.24, 2.45) is 0 Å². The van der Waals surface area contributed by atoms with E-state index >= 15 is 0 Å². The lowest BCUT2D eigenvalue weighted by Gasteiger charge is -2.33. The van der Waals surface area contributed by atoms with Gasteiger partial charge < -0.3 is 15.1 Å². The van der Waals surface area contributed by atoms with Crippen LogP contribution in [0.3, 0.4) is 0 Å². The van der Waals surface area contributed by atoms with E-state index in [1.807, 2.05) is 30.3 Å². The first-order chi connectivity index (χ1) is 10.6. The highest BCUT2D eigenvalue weighted by atomic mass is 35.5. The van der Waals surface area contributed by atoms with E-state index in [0.717, 1.165) is 5.56 Å². The minimum absolute atomic E-state index is 0. The van der Waals surface area contributed by atoms with E-state index in [0.29, 0.717) is 26.2 Å². The van der Waals surface area contributed by atoms with Crippen LogP contribution in [-0.4, -0.2) is 54.3 Å². The second-order valence-corrected chi connectivity index (χ2v) is 5.52. The third-order valence-corrected chi connectivity index (χ3v) is 3.80. The second kappa shape index (κ2) is 9.33. The summed E-state index contributed by atoms with van der Waals surface area (Å²) in [6.07, 6.45) is 1.90.